The summed E-state index contributed by atoms with van der Waals surface area (Å²) in [6, 6.07) is 0. The average molecular weight is 219 g/mol. The van der Waals surface area contributed by atoms with Crippen LogP contribution in [0.4, 0.5) is 0 Å². The first-order valence-electron chi connectivity index (χ1n) is 5.58. The molecule has 0 bridgehead atoms. The molecule has 1 unspecified atom stereocenters. The van der Waals surface area contributed by atoms with Crippen LogP contribution in [-0.4, -0.2) is 15.0 Å². The second kappa shape index (κ2) is 4.51. The Labute approximate surface area is 95.1 Å². The first-order valence-corrected chi connectivity index (χ1v) is 5.58. The van der Waals surface area contributed by atoms with Crippen molar-refractivity contribution in [3.8, 4) is 0 Å². The number of aromatic amines is 1. The van der Waals surface area contributed by atoms with Crippen LogP contribution < -0.4 is 0 Å². The zero-order valence-corrected chi connectivity index (χ0v) is 9.90. The SMILES string of the molecule is CC(C)c1ncc(CC(C)c2cocn2)[nH]1. The van der Waals surface area contributed by atoms with Crippen molar-refractivity contribution in [3.63, 3.8) is 0 Å². The third-order valence-corrected chi connectivity index (χ3v) is 2.68. The highest BCUT2D eigenvalue weighted by molar-refractivity contribution is 5.10. The summed E-state index contributed by atoms with van der Waals surface area (Å²) in [4.78, 5) is 11.8. The summed E-state index contributed by atoms with van der Waals surface area (Å²) in [6.45, 7) is 6.39. The lowest BCUT2D eigenvalue weighted by Crippen LogP contribution is -1.99. The normalized spacial score (nSPS) is 13.2. The fraction of sp³-hybridized carbons (Fsp3) is 0.500. The zero-order chi connectivity index (χ0) is 11.5. The molecule has 16 heavy (non-hydrogen) atoms. The van der Waals surface area contributed by atoms with Gasteiger partial charge in [-0.25, -0.2) is 9.97 Å². The maximum atomic E-state index is 4.98. The van der Waals surface area contributed by atoms with Crippen molar-refractivity contribution in [1.82, 2.24) is 15.0 Å². The molecule has 0 aromatic carbocycles. The molecular formula is C12H17N3O. The fourth-order valence-electron chi connectivity index (χ4n) is 1.67. The molecule has 2 rings (SSSR count). The maximum absolute atomic E-state index is 4.98. The van der Waals surface area contributed by atoms with E-state index in [1.165, 1.54) is 6.39 Å². The van der Waals surface area contributed by atoms with Gasteiger partial charge in [0.15, 0.2) is 6.39 Å². The fourth-order valence-corrected chi connectivity index (χ4v) is 1.67. The molecule has 4 nitrogen and oxygen atoms in total. The topological polar surface area (TPSA) is 54.7 Å². The molecule has 1 atom stereocenters. The largest absolute Gasteiger partial charge is 0.451 e. The van der Waals surface area contributed by atoms with Gasteiger partial charge in [0, 0.05) is 23.7 Å². The lowest BCUT2D eigenvalue weighted by molar-refractivity contribution is 0.554. The van der Waals surface area contributed by atoms with Crippen LogP contribution >= 0.6 is 0 Å². The lowest BCUT2D eigenvalue weighted by Gasteiger charge is -2.05. The molecule has 4 heteroatoms. The minimum Gasteiger partial charge on any atom is -0.451 e. The van der Waals surface area contributed by atoms with E-state index >= 15 is 0 Å². The highest BCUT2D eigenvalue weighted by Crippen LogP contribution is 2.18. The van der Waals surface area contributed by atoms with E-state index in [1.807, 2.05) is 6.20 Å². The van der Waals surface area contributed by atoms with Crippen LogP contribution in [0.3, 0.4) is 0 Å². The third-order valence-electron chi connectivity index (χ3n) is 2.68. The molecule has 2 aromatic rings. The Balaban J connectivity index is 2.03. The van der Waals surface area contributed by atoms with E-state index in [4.69, 9.17) is 4.42 Å². The predicted molar refractivity (Wildman–Crippen MR) is 61.3 cm³/mol. The number of oxazole rings is 1. The van der Waals surface area contributed by atoms with Crippen LogP contribution in [0.25, 0.3) is 0 Å². The molecule has 0 aliphatic rings. The molecule has 2 heterocycles. The summed E-state index contributed by atoms with van der Waals surface area (Å²) in [5.74, 6) is 1.83. The van der Waals surface area contributed by atoms with Gasteiger partial charge in [-0.1, -0.05) is 20.8 Å². The van der Waals surface area contributed by atoms with Crippen molar-refractivity contribution in [2.24, 2.45) is 0 Å². The smallest absolute Gasteiger partial charge is 0.180 e. The number of nitrogens with zero attached hydrogens (tertiary/aromatic N) is 2. The Hall–Kier alpha value is -1.58. The van der Waals surface area contributed by atoms with Gasteiger partial charge in [-0.15, -0.1) is 0 Å². The number of hydrogen-bond donors (Lipinski definition) is 1. The molecule has 86 valence electrons. The summed E-state index contributed by atoms with van der Waals surface area (Å²) < 4.78 is 4.98. The minimum atomic E-state index is 0.346. The van der Waals surface area contributed by atoms with Gasteiger partial charge in [-0.2, -0.15) is 0 Å². The molecule has 0 aliphatic carbocycles. The molecule has 0 radical (unpaired) electrons. The van der Waals surface area contributed by atoms with Gasteiger partial charge in [-0.3, -0.25) is 0 Å². The Morgan fingerprint density at radius 2 is 2.12 bits per heavy atom. The van der Waals surface area contributed by atoms with Crippen LogP contribution in [-0.2, 0) is 6.42 Å². The summed E-state index contributed by atoms with van der Waals surface area (Å²) >= 11 is 0. The molecule has 0 aliphatic heterocycles. The van der Waals surface area contributed by atoms with Gasteiger partial charge in [0.2, 0.25) is 0 Å². The van der Waals surface area contributed by atoms with Crippen LogP contribution in [0.2, 0.25) is 0 Å². The van der Waals surface area contributed by atoms with E-state index < -0.39 is 0 Å². The van der Waals surface area contributed by atoms with E-state index in [0.29, 0.717) is 11.8 Å². The van der Waals surface area contributed by atoms with Gasteiger partial charge < -0.3 is 9.40 Å². The molecule has 0 spiro atoms. The standard InChI is InChI=1S/C12H17N3O/c1-8(2)12-13-5-10(15-12)4-9(3)11-6-16-7-14-11/h5-9H,4H2,1-3H3,(H,13,15). The van der Waals surface area contributed by atoms with Gasteiger partial charge in [-0.05, 0) is 6.42 Å². The molecular weight excluding hydrogens is 202 g/mol. The first-order chi connectivity index (χ1) is 7.66. The second-order valence-electron chi connectivity index (χ2n) is 4.47. The van der Waals surface area contributed by atoms with Crippen LogP contribution in [0, 0.1) is 0 Å². The van der Waals surface area contributed by atoms with E-state index in [0.717, 1.165) is 23.6 Å². The van der Waals surface area contributed by atoms with E-state index in [2.05, 4.69) is 35.7 Å². The second-order valence-corrected chi connectivity index (χ2v) is 4.47. The molecule has 0 saturated heterocycles. The molecule has 0 amide bonds. The quantitative estimate of drug-likeness (QED) is 0.860. The van der Waals surface area contributed by atoms with E-state index in [-0.39, 0.29) is 0 Å². The van der Waals surface area contributed by atoms with Crippen molar-refractivity contribution >= 4 is 0 Å². The Bertz CT molecular complexity index is 431. The average Bonchev–Trinajstić information content (AvgIpc) is 2.87. The lowest BCUT2D eigenvalue weighted by atomic mass is 10.0. The number of nitrogens with one attached hydrogen (secondary N) is 1. The van der Waals surface area contributed by atoms with Gasteiger partial charge in [0.25, 0.3) is 0 Å². The van der Waals surface area contributed by atoms with E-state index in [9.17, 15) is 0 Å². The van der Waals surface area contributed by atoms with Crippen LogP contribution in [0.1, 0.15) is 49.8 Å². The van der Waals surface area contributed by atoms with Crippen molar-refractivity contribution in [3.05, 3.63) is 36.1 Å². The number of imidazole rings is 1. The number of hydrogen-bond acceptors (Lipinski definition) is 3. The molecule has 0 fully saturated rings. The summed E-state index contributed by atoms with van der Waals surface area (Å²) in [5.41, 5.74) is 2.14. The Morgan fingerprint density at radius 3 is 2.69 bits per heavy atom. The van der Waals surface area contributed by atoms with Crippen molar-refractivity contribution < 1.29 is 4.42 Å². The van der Waals surface area contributed by atoms with Crippen LogP contribution in [0.15, 0.2) is 23.3 Å². The zero-order valence-electron chi connectivity index (χ0n) is 9.90. The number of H-pyrrole nitrogens is 1. The minimum absolute atomic E-state index is 0.346. The van der Waals surface area contributed by atoms with E-state index in [1.54, 1.807) is 6.26 Å². The van der Waals surface area contributed by atoms with Crippen LogP contribution in [0.5, 0.6) is 0 Å². The van der Waals surface area contributed by atoms with Crippen molar-refractivity contribution in [2.75, 3.05) is 0 Å². The summed E-state index contributed by atoms with van der Waals surface area (Å²) in [6.07, 6.45) is 5.99. The predicted octanol–water partition coefficient (Wildman–Crippen LogP) is 2.87. The summed E-state index contributed by atoms with van der Waals surface area (Å²) in [5, 5.41) is 0. The number of rotatable bonds is 4. The molecule has 0 saturated carbocycles. The molecule has 1 N–H and O–H groups in total. The Kier molecular flexibility index (Phi) is 3.08. The summed E-state index contributed by atoms with van der Waals surface area (Å²) in [7, 11) is 0. The first kappa shape index (κ1) is 10.9. The van der Waals surface area contributed by atoms with Gasteiger partial charge in [0.1, 0.15) is 12.1 Å². The number of aromatic nitrogens is 3. The third kappa shape index (κ3) is 2.32. The molecule has 2 aromatic heterocycles. The highest BCUT2D eigenvalue weighted by Gasteiger charge is 2.12. The Morgan fingerprint density at radius 1 is 1.31 bits per heavy atom. The highest BCUT2D eigenvalue weighted by atomic mass is 16.3. The van der Waals surface area contributed by atoms with Crippen molar-refractivity contribution in [1.29, 1.82) is 0 Å². The van der Waals surface area contributed by atoms with Gasteiger partial charge >= 0.3 is 0 Å². The van der Waals surface area contributed by atoms with Gasteiger partial charge in [0.05, 0.1) is 5.69 Å². The maximum Gasteiger partial charge on any atom is 0.180 e. The monoisotopic (exact) mass is 219 g/mol. The van der Waals surface area contributed by atoms with Crippen molar-refractivity contribution in [2.45, 2.75) is 39.0 Å².